The Morgan fingerprint density at radius 3 is 2.45 bits per heavy atom. The molecule has 5 nitrogen and oxygen atoms in total. The minimum absolute atomic E-state index is 0.00860. The zero-order valence-corrected chi connectivity index (χ0v) is 17.5. The number of amides is 1. The summed E-state index contributed by atoms with van der Waals surface area (Å²) in [4.78, 5) is 12.5. The quantitative estimate of drug-likeness (QED) is 0.453. The maximum Gasteiger partial charge on any atom is 0.220 e. The summed E-state index contributed by atoms with van der Waals surface area (Å²) in [5.74, 6) is 0.813. The largest absolute Gasteiger partial charge is 0.497 e. The van der Waals surface area contributed by atoms with Gasteiger partial charge in [0.1, 0.15) is 5.75 Å². The summed E-state index contributed by atoms with van der Waals surface area (Å²) in [6.07, 6.45) is 3.07. The zero-order chi connectivity index (χ0) is 21.5. The molecule has 0 unspecified atom stereocenters. The van der Waals surface area contributed by atoms with Crippen LogP contribution in [0.5, 0.6) is 5.75 Å². The Morgan fingerprint density at radius 2 is 1.71 bits per heavy atom. The van der Waals surface area contributed by atoms with Gasteiger partial charge in [-0.1, -0.05) is 60.7 Å². The van der Waals surface area contributed by atoms with Crippen molar-refractivity contribution in [2.75, 3.05) is 7.11 Å². The third-order valence-electron chi connectivity index (χ3n) is 5.11. The predicted molar refractivity (Wildman–Crippen MR) is 122 cm³/mol. The van der Waals surface area contributed by atoms with Crippen molar-refractivity contribution >= 4 is 5.91 Å². The first kappa shape index (κ1) is 20.4. The van der Waals surface area contributed by atoms with E-state index in [2.05, 4.69) is 5.32 Å². The van der Waals surface area contributed by atoms with Crippen LogP contribution >= 0.6 is 0 Å². The number of ether oxygens (including phenoxy) is 1. The first-order valence-electron chi connectivity index (χ1n) is 10.3. The van der Waals surface area contributed by atoms with Crippen LogP contribution in [0.2, 0.25) is 0 Å². The Balaban J connectivity index is 1.46. The SMILES string of the molecule is COc1cccc(CCC(=O)NCc2cn(-c3ccccc3)nc2-c2ccccc2)c1. The average molecular weight is 412 g/mol. The van der Waals surface area contributed by atoms with Gasteiger partial charge in [-0.15, -0.1) is 0 Å². The summed E-state index contributed by atoms with van der Waals surface area (Å²) in [7, 11) is 1.64. The fourth-order valence-electron chi connectivity index (χ4n) is 3.46. The van der Waals surface area contributed by atoms with Gasteiger partial charge in [-0.05, 0) is 36.2 Å². The molecule has 1 aromatic heterocycles. The van der Waals surface area contributed by atoms with Crippen molar-refractivity contribution in [2.45, 2.75) is 19.4 Å². The highest BCUT2D eigenvalue weighted by molar-refractivity contribution is 5.76. The average Bonchev–Trinajstić information content (AvgIpc) is 3.27. The molecular weight excluding hydrogens is 386 g/mol. The summed E-state index contributed by atoms with van der Waals surface area (Å²) in [5.41, 5.74) is 4.94. The van der Waals surface area contributed by atoms with Crippen LogP contribution in [0.3, 0.4) is 0 Å². The van der Waals surface area contributed by atoms with E-state index in [0.29, 0.717) is 19.4 Å². The van der Waals surface area contributed by atoms with Crippen molar-refractivity contribution in [3.05, 3.63) is 102 Å². The highest BCUT2D eigenvalue weighted by Gasteiger charge is 2.13. The van der Waals surface area contributed by atoms with Crippen molar-refractivity contribution in [2.24, 2.45) is 0 Å². The molecule has 5 heteroatoms. The van der Waals surface area contributed by atoms with E-state index in [9.17, 15) is 4.79 Å². The van der Waals surface area contributed by atoms with E-state index in [1.54, 1.807) is 7.11 Å². The van der Waals surface area contributed by atoms with E-state index in [4.69, 9.17) is 9.84 Å². The Labute approximate surface area is 182 Å². The van der Waals surface area contributed by atoms with Crippen LogP contribution in [0.4, 0.5) is 0 Å². The maximum absolute atomic E-state index is 12.5. The highest BCUT2D eigenvalue weighted by Crippen LogP contribution is 2.23. The number of benzene rings is 3. The van der Waals surface area contributed by atoms with Crippen LogP contribution in [-0.2, 0) is 17.8 Å². The predicted octanol–water partition coefficient (Wildman–Crippen LogP) is 4.80. The van der Waals surface area contributed by atoms with Crippen molar-refractivity contribution in [3.63, 3.8) is 0 Å². The lowest BCUT2D eigenvalue weighted by Crippen LogP contribution is -2.23. The van der Waals surface area contributed by atoms with E-state index in [1.807, 2.05) is 95.8 Å². The van der Waals surface area contributed by atoms with E-state index in [0.717, 1.165) is 33.8 Å². The number of carbonyl (C=O) groups excluding carboxylic acids is 1. The first-order valence-corrected chi connectivity index (χ1v) is 10.3. The van der Waals surface area contributed by atoms with Crippen LogP contribution < -0.4 is 10.1 Å². The summed E-state index contributed by atoms with van der Waals surface area (Å²) < 4.78 is 7.11. The summed E-state index contributed by atoms with van der Waals surface area (Å²) in [6, 6.07) is 27.8. The van der Waals surface area contributed by atoms with E-state index < -0.39 is 0 Å². The van der Waals surface area contributed by atoms with Gasteiger partial charge in [0.05, 0.1) is 18.5 Å². The normalized spacial score (nSPS) is 10.6. The van der Waals surface area contributed by atoms with E-state index >= 15 is 0 Å². The topological polar surface area (TPSA) is 56.1 Å². The van der Waals surface area contributed by atoms with E-state index in [1.165, 1.54) is 0 Å². The van der Waals surface area contributed by atoms with Crippen LogP contribution in [-0.4, -0.2) is 22.8 Å². The Morgan fingerprint density at radius 1 is 0.968 bits per heavy atom. The number of rotatable bonds is 8. The fourth-order valence-corrected chi connectivity index (χ4v) is 3.46. The molecule has 0 atom stereocenters. The number of nitrogens with one attached hydrogen (secondary N) is 1. The van der Waals surface area contributed by atoms with Gasteiger partial charge in [0, 0.05) is 30.3 Å². The molecular formula is C26H25N3O2. The monoisotopic (exact) mass is 411 g/mol. The van der Waals surface area contributed by atoms with Crippen molar-refractivity contribution < 1.29 is 9.53 Å². The molecule has 1 amide bonds. The molecule has 0 spiro atoms. The Bertz CT molecular complexity index is 1140. The van der Waals surface area contributed by atoms with Crippen LogP contribution in [0.1, 0.15) is 17.5 Å². The van der Waals surface area contributed by atoms with Crippen LogP contribution in [0.15, 0.2) is 91.1 Å². The van der Waals surface area contributed by atoms with Gasteiger partial charge in [0.25, 0.3) is 0 Å². The zero-order valence-electron chi connectivity index (χ0n) is 17.5. The van der Waals surface area contributed by atoms with Gasteiger partial charge in [-0.25, -0.2) is 4.68 Å². The molecule has 31 heavy (non-hydrogen) atoms. The molecule has 4 aromatic rings. The third kappa shape index (κ3) is 5.20. The lowest BCUT2D eigenvalue weighted by Gasteiger charge is -2.07. The molecule has 1 heterocycles. The molecule has 0 saturated carbocycles. The smallest absolute Gasteiger partial charge is 0.220 e. The van der Waals surface area contributed by atoms with Crippen LogP contribution in [0, 0.1) is 0 Å². The molecule has 0 aliphatic heterocycles. The number of aromatic nitrogens is 2. The van der Waals surface area contributed by atoms with Crippen molar-refractivity contribution in [1.82, 2.24) is 15.1 Å². The van der Waals surface area contributed by atoms with Crippen molar-refractivity contribution in [1.29, 1.82) is 0 Å². The highest BCUT2D eigenvalue weighted by atomic mass is 16.5. The molecule has 0 fully saturated rings. The summed E-state index contributed by atoms with van der Waals surface area (Å²) in [5, 5.41) is 7.84. The van der Waals surface area contributed by atoms with E-state index in [-0.39, 0.29) is 5.91 Å². The van der Waals surface area contributed by atoms with Gasteiger partial charge >= 0.3 is 0 Å². The summed E-state index contributed by atoms with van der Waals surface area (Å²) in [6.45, 7) is 0.425. The third-order valence-corrected chi connectivity index (χ3v) is 5.11. The van der Waals surface area contributed by atoms with Crippen LogP contribution in [0.25, 0.3) is 16.9 Å². The number of hydrogen-bond acceptors (Lipinski definition) is 3. The minimum atomic E-state index is 0.00860. The molecule has 0 saturated heterocycles. The number of methoxy groups -OCH3 is 1. The van der Waals surface area contributed by atoms with Gasteiger partial charge < -0.3 is 10.1 Å². The standard InChI is InChI=1S/C26H25N3O2/c1-31-24-14-8-9-20(17-24)15-16-25(30)27-18-22-19-29(23-12-6-3-7-13-23)28-26(22)21-10-4-2-5-11-21/h2-14,17,19H,15-16,18H2,1H3,(H,27,30). The minimum Gasteiger partial charge on any atom is -0.497 e. The molecule has 3 aromatic carbocycles. The second kappa shape index (κ2) is 9.76. The molecule has 0 aliphatic rings. The summed E-state index contributed by atoms with van der Waals surface area (Å²) >= 11 is 0. The lowest BCUT2D eigenvalue weighted by atomic mass is 10.1. The number of carbonyl (C=O) groups is 1. The van der Waals surface area contributed by atoms with Gasteiger partial charge in [-0.2, -0.15) is 5.10 Å². The first-order chi connectivity index (χ1) is 15.2. The van der Waals surface area contributed by atoms with Gasteiger partial charge in [0.15, 0.2) is 0 Å². The second-order valence-electron chi connectivity index (χ2n) is 7.28. The van der Waals surface area contributed by atoms with Crippen molar-refractivity contribution in [3.8, 4) is 22.7 Å². The number of aryl methyl sites for hydroxylation is 1. The molecule has 0 radical (unpaired) electrons. The fraction of sp³-hybridized carbons (Fsp3) is 0.154. The number of para-hydroxylation sites is 1. The second-order valence-corrected chi connectivity index (χ2v) is 7.28. The van der Waals surface area contributed by atoms with Gasteiger partial charge in [0.2, 0.25) is 5.91 Å². The number of nitrogens with zero attached hydrogens (tertiary/aromatic N) is 2. The van der Waals surface area contributed by atoms with Gasteiger partial charge in [-0.3, -0.25) is 4.79 Å². The number of hydrogen-bond donors (Lipinski definition) is 1. The molecule has 1 N–H and O–H groups in total. The lowest BCUT2D eigenvalue weighted by molar-refractivity contribution is -0.121. The molecule has 156 valence electrons. The Hall–Kier alpha value is -3.86. The molecule has 0 bridgehead atoms. The molecule has 4 rings (SSSR count). The Kier molecular flexibility index (Phi) is 6.43. The molecule has 0 aliphatic carbocycles. The maximum atomic E-state index is 12.5.